The van der Waals surface area contributed by atoms with Crippen LogP contribution in [0.5, 0.6) is 11.5 Å². The van der Waals surface area contributed by atoms with Gasteiger partial charge in [-0.15, -0.1) is 0 Å². The zero-order chi connectivity index (χ0) is 23.4. The minimum Gasteiger partial charge on any atom is -0.493 e. The van der Waals surface area contributed by atoms with E-state index in [0.717, 1.165) is 5.56 Å². The van der Waals surface area contributed by atoms with Crippen molar-refractivity contribution in [3.8, 4) is 11.5 Å². The van der Waals surface area contributed by atoms with Crippen molar-refractivity contribution < 1.29 is 40.2 Å². The molecular formula is C18H13ClF7IN2O2. The largest absolute Gasteiger partial charge is 0.493 e. The molecule has 0 saturated carbocycles. The van der Waals surface area contributed by atoms with Gasteiger partial charge in [0, 0.05) is 5.02 Å². The number of rotatable bonds is 8. The normalized spacial score (nSPS) is 12.8. The maximum atomic E-state index is 13.2. The van der Waals surface area contributed by atoms with Gasteiger partial charge in [0.2, 0.25) is 0 Å². The molecular weight excluding hydrogens is 572 g/mol. The fourth-order valence-electron chi connectivity index (χ4n) is 2.13. The Bertz CT molecular complexity index is 938. The summed E-state index contributed by atoms with van der Waals surface area (Å²) in [7, 11) is 1.30. The van der Waals surface area contributed by atoms with Crippen LogP contribution in [0.25, 0.3) is 0 Å². The lowest BCUT2D eigenvalue weighted by molar-refractivity contribution is -0.361. The highest BCUT2D eigenvalue weighted by molar-refractivity contribution is 14.1. The Balaban J connectivity index is 2.16. The van der Waals surface area contributed by atoms with Crippen molar-refractivity contribution in [2.24, 2.45) is 5.10 Å². The number of hydrazone groups is 1. The van der Waals surface area contributed by atoms with E-state index in [4.69, 9.17) is 21.1 Å². The van der Waals surface area contributed by atoms with E-state index in [-0.39, 0.29) is 17.9 Å². The summed E-state index contributed by atoms with van der Waals surface area (Å²) in [5, 5.41) is 3.37. The van der Waals surface area contributed by atoms with Gasteiger partial charge in [-0.25, -0.2) is 5.43 Å². The number of alkyl halides is 7. The number of ether oxygens (including phenoxy) is 2. The van der Waals surface area contributed by atoms with E-state index in [9.17, 15) is 30.7 Å². The summed E-state index contributed by atoms with van der Waals surface area (Å²) in [5.41, 5.74) is 1.44. The second-order valence-corrected chi connectivity index (χ2v) is 7.56. The highest BCUT2D eigenvalue weighted by Gasteiger charge is 2.73. The smallest absolute Gasteiger partial charge is 0.462 e. The van der Waals surface area contributed by atoms with Gasteiger partial charge in [0.25, 0.3) is 0 Å². The molecule has 0 heterocycles. The third kappa shape index (κ3) is 6.05. The first-order chi connectivity index (χ1) is 14.3. The number of nitrogens with zero attached hydrogens (tertiary/aromatic N) is 1. The fourth-order valence-corrected chi connectivity index (χ4v) is 3.03. The van der Waals surface area contributed by atoms with Crippen molar-refractivity contribution in [1.82, 2.24) is 5.43 Å². The molecule has 0 saturated heterocycles. The molecule has 0 spiro atoms. The highest BCUT2D eigenvalue weighted by atomic mass is 127. The van der Waals surface area contributed by atoms with E-state index in [1.165, 1.54) is 19.2 Å². The van der Waals surface area contributed by atoms with Crippen LogP contribution >= 0.6 is 34.2 Å². The standard InChI is InChI=1S/C18H13ClF7IN2O2/c1-30-14-7-11(8-28-29-18(25,26)16(20,21)17(22,23)24)6-13(27)15(14)31-9-10-2-4-12(19)5-3-10/h2-8,29H,9H2,1H3/b28-8-. The van der Waals surface area contributed by atoms with E-state index in [1.807, 2.05) is 22.6 Å². The van der Waals surface area contributed by atoms with Crippen LogP contribution in [0.15, 0.2) is 41.5 Å². The SMILES string of the molecule is COc1cc(/C=N\NC(F)(F)C(F)(F)C(F)(F)F)cc(I)c1OCc1ccc(Cl)cc1. The Hall–Kier alpha value is -1.96. The first kappa shape index (κ1) is 25.3. The Morgan fingerprint density at radius 1 is 1.06 bits per heavy atom. The molecule has 0 bridgehead atoms. The molecule has 0 fully saturated rings. The average molecular weight is 585 g/mol. The highest BCUT2D eigenvalue weighted by Crippen LogP contribution is 2.45. The van der Waals surface area contributed by atoms with Crippen molar-refractivity contribution in [1.29, 1.82) is 0 Å². The quantitative estimate of drug-likeness (QED) is 0.131. The van der Waals surface area contributed by atoms with Crippen molar-refractivity contribution in [3.63, 3.8) is 0 Å². The van der Waals surface area contributed by atoms with Crippen LogP contribution in [-0.4, -0.2) is 31.5 Å². The molecule has 0 unspecified atom stereocenters. The van der Waals surface area contributed by atoms with Gasteiger partial charge in [-0.05, 0) is 58.0 Å². The Morgan fingerprint density at radius 2 is 1.68 bits per heavy atom. The van der Waals surface area contributed by atoms with Gasteiger partial charge in [-0.2, -0.15) is 35.8 Å². The summed E-state index contributed by atoms with van der Waals surface area (Å²) in [6, 6.07) is 3.84. The lowest BCUT2D eigenvalue weighted by atomic mass is 10.2. The van der Waals surface area contributed by atoms with Crippen LogP contribution in [0.3, 0.4) is 0 Å². The van der Waals surface area contributed by atoms with Crippen molar-refractivity contribution in [3.05, 3.63) is 56.1 Å². The monoisotopic (exact) mass is 584 g/mol. The van der Waals surface area contributed by atoms with Gasteiger partial charge >= 0.3 is 18.1 Å². The minimum absolute atomic E-state index is 0.0821. The zero-order valence-electron chi connectivity index (χ0n) is 15.4. The Labute approximate surface area is 190 Å². The lowest BCUT2D eigenvalue weighted by Gasteiger charge is -2.27. The summed E-state index contributed by atoms with van der Waals surface area (Å²) >= 11 is 7.66. The number of hydrogen-bond acceptors (Lipinski definition) is 4. The van der Waals surface area contributed by atoms with Gasteiger partial charge < -0.3 is 9.47 Å². The first-order valence-electron chi connectivity index (χ1n) is 8.16. The number of halogens is 9. The molecule has 2 aromatic rings. The molecule has 170 valence electrons. The molecule has 0 radical (unpaired) electrons. The third-order valence-corrected chi connectivity index (χ3v) is 4.77. The van der Waals surface area contributed by atoms with E-state index in [1.54, 1.807) is 24.3 Å². The molecule has 2 aromatic carbocycles. The molecule has 2 rings (SSSR count). The summed E-state index contributed by atoms with van der Waals surface area (Å²) < 4.78 is 99.9. The average Bonchev–Trinajstić information content (AvgIpc) is 2.67. The summed E-state index contributed by atoms with van der Waals surface area (Å²) in [5.74, 6) is -5.85. The van der Waals surface area contributed by atoms with Crippen LogP contribution in [-0.2, 0) is 6.61 Å². The molecule has 0 aliphatic carbocycles. The lowest BCUT2D eigenvalue weighted by Crippen LogP contribution is -2.58. The molecule has 13 heteroatoms. The summed E-state index contributed by atoms with van der Waals surface area (Å²) in [6.07, 6.45) is -5.81. The van der Waals surface area contributed by atoms with Crippen molar-refractivity contribution in [2.75, 3.05) is 7.11 Å². The summed E-state index contributed by atoms with van der Waals surface area (Å²) in [6.45, 7) is 0.150. The van der Waals surface area contributed by atoms with Crippen LogP contribution in [0.1, 0.15) is 11.1 Å². The Morgan fingerprint density at radius 3 is 2.23 bits per heavy atom. The molecule has 1 N–H and O–H groups in total. The molecule has 4 nitrogen and oxygen atoms in total. The van der Waals surface area contributed by atoms with E-state index in [0.29, 0.717) is 26.0 Å². The van der Waals surface area contributed by atoms with Crippen molar-refractivity contribution in [2.45, 2.75) is 24.8 Å². The van der Waals surface area contributed by atoms with Gasteiger partial charge in [0.1, 0.15) is 6.61 Å². The van der Waals surface area contributed by atoms with Gasteiger partial charge in [-0.1, -0.05) is 23.7 Å². The van der Waals surface area contributed by atoms with Crippen LogP contribution < -0.4 is 14.9 Å². The number of hydrogen-bond donors (Lipinski definition) is 1. The molecule has 0 amide bonds. The van der Waals surface area contributed by atoms with E-state index < -0.39 is 18.1 Å². The topological polar surface area (TPSA) is 42.8 Å². The zero-order valence-corrected chi connectivity index (χ0v) is 18.3. The minimum atomic E-state index is -6.46. The van der Waals surface area contributed by atoms with Crippen LogP contribution in [0.2, 0.25) is 5.02 Å². The predicted octanol–water partition coefficient (Wildman–Crippen LogP) is 6.25. The van der Waals surface area contributed by atoms with E-state index in [2.05, 4.69) is 5.10 Å². The van der Waals surface area contributed by atoms with Crippen LogP contribution in [0, 0.1) is 3.57 Å². The molecule has 31 heavy (non-hydrogen) atoms. The van der Waals surface area contributed by atoms with Gasteiger partial charge in [-0.3, -0.25) is 0 Å². The van der Waals surface area contributed by atoms with Crippen LogP contribution in [0.4, 0.5) is 30.7 Å². The second kappa shape index (κ2) is 9.67. The predicted molar refractivity (Wildman–Crippen MR) is 108 cm³/mol. The maximum Gasteiger partial charge on any atom is 0.462 e. The molecule has 0 aliphatic rings. The van der Waals surface area contributed by atoms with Gasteiger partial charge in [0.15, 0.2) is 11.5 Å². The molecule has 0 aromatic heterocycles. The number of benzene rings is 2. The molecule has 0 aliphatic heterocycles. The maximum absolute atomic E-state index is 13.2. The number of methoxy groups -OCH3 is 1. The third-order valence-electron chi connectivity index (χ3n) is 3.72. The molecule has 0 atom stereocenters. The first-order valence-corrected chi connectivity index (χ1v) is 9.61. The fraction of sp³-hybridized carbons (Fsp3) is 0.278. The summed E-state index contributed by atoms with van der Waals surface area (Å²) in [4.78, 5) is 0. The second-order valence-electron chi connectivity index (χ2n) is 5.97. The number of nitrogens with one attached hydrogen (secondary N) is 1. The van der Waals surface area contributed by atoms with E-state index >= 15 is 0 Å². The Kier molecular flexibility index (Phi) is 7.89. The van der Waals surface area contributed by atoms with Gasteiger partial charge in [0.05, 0.1) is 16.9 Å². The van der Waals surface area contributed by atoms with Crippen molar-refractivity contribution >= 4 is 40.4 Å².